The highest BCUT2D eigenvalue weighted by Gasteiger charge is 2.19. The number of ether oxygens (including phenoxy) is 1. The second-order valence-electron chi connectivity index (χ2n) is 8.27. The monoisotopic (exact) mass is 441 g/mol. The summed E-state index contributed by atoms with van der Waals surface area (Å²) < 4.78 is 5.12. The number of anilines is 1. The predicted octanol–water partition coefficient (Wildman–Crippen LogP) is 4.61. The molecule has 2 amide bonds. The Balaban J connectivity index is 1.51. The Labute approximate surface area is 194 Å². The fraction of sp³-hybridized carbons (Fsp3) is 0.222. The summed E-state index contributed by atoms with van der Waals surface area (Å²) in [6.45, 7) is 4.08. The Kier molecular flexibility index (Phi) is 7.47. The highest BCUT2D eigenvalue weighted by atomic mass is 16.5. The minimum absolute atomic E-state index is 0.0787. The van der Waals surface area contributed by atoms with Crippen LogP contribution in [0.15, 0.2) is 72.8 Å². The zero-order chi connectivity index (χ0) is 23.8. The van der Waals surface area contributed by atoms with Gasteiger partial charge < -0.3 is 15.4 Å². The number of carbonyl (C=O) groups is 2. The Morgan fingerprint density at radius 1 is 0.909 bits per heavy atom. The molecular formula is C27H27N3O3. The lowest BCUT2D eigenvalue weighted by molar-refractivity contribution is -0.120. The molecule has 33 heavy (non-hydrogen) atoms. The van der Waals surface area contributed by atoms with E-state index in [1.54, 1.807) is 31.4 Å². The number of rotatable bonds is 8. The SMILES string of the molecule is COc1ccc(CC(=O)NCc2ccc(C(=O)Nc3ccc(C(C)(C)C#N)cc3)cc2)cc1. The molecule has 0 heterocycles. The second-order valence-corrected chi connectivity index (χ2v) is 8.27. The van der Waals surface area contributed by atoms with Crippen molar-refractivity contribution >= 4 is 17.5 Å². The average Bonchev–Trinajstić information content (AvgIpc) is 2.84. The molecule has 0 aliphatic rings. The molecule has 0 radical (unpaired) electrons. The van der Waals surface area contributed by atoms with Gasteiger partial charge >= 0.3 is 0 Å². The summed E-state index contributed by atoms with van der Waals surface area (Å²) in [7, 11) is 1.60. The van der Waals surface area contributed by atoms with Crippen molar-refractivity contribution in [2.45, 2.75) is 32.2 Å². The van der Waals surface area contributed by atoms with Gasteiger partial charge in [0.2, 0.25) is 5.91 Å². The van der Waals surface area contributed by atoms with Crippen LogP contribution in [0.5, 0.6) is 5.75 Å². The molecule has 0 atom stereocenters. The molecule has 0 aromatic heterocycles. The first-order valence-electron chi connectivity index (χ1n) is 10.6. The maximum atomic E-state index is 12.5. The normalized spacial score (nSPS) is 10.7. The van der Waals surface area contributed by atoms with Gasteiger partial charge in [0, 0.05) is 17.8 Å². The van der Waals surface area contributed by atoms with E-state index < -0.39 is 5.41 Å². The number of hydrogen-bond acceptors (Lipinski definition) is 4. The van der Waals surface area contributed by atoms with Gasteiger partial charge in [-0.1, -0.05) is 36.4 Å². The Bertz CT molecular complexity index is 1140. The zero-order valence-corrected chi connectivity index (χ0v) is 19.0. The van der Waals surface area contributed by atoms with Gasteiger partial charge in [-0.05, 0) is 66.9 Å². The van der Waals surface area contributed by atoms with Gasteiger partial charge in [0.1, 0.15) is 5.75 Å². The lowest BCUT2D eigenvalue weighted by Crippen LogP contribution is -2.24. The van der Waals surface area contributed by atoms with Crippen LogP contribution in [0.3, 0.4) is 0 Å². The number of hydrogen-bond donors (Lipinski definition) is 2. The van der Waals surface area contributed by atoms with Gasteiger partial charge in [-0.3, -0.25) is 9.59 Å². The molecule has 0 spiro atoms. The molecule has 3 aromatic carbocycles. The van der Waals surface area contributed by atoms with E-state index in [1.807, 2.05) is 62.4 Å². The summed E-state index contributed by atoms with van der Waals surface area (Å²) in [6.07, 6.45) is 0.287. The minimum Gasteiger partial charge on any atom is -0.497 e. The van der Waals surface area contributed by atoms with E-state index in [1.165, 1.54) is 0 Å². The Hall–Kier alpha value is -4.11. The lowest BCUT2D eigenvalue weighted by atomic mass is 9.86. The van der Waals surface area contributed by atoms with Crippen molar-refractivity contribution in [2.24, 2.45) is 0 Å². The van der Waals surface area contributed by atoms with Gasteiger partial charge in [-0.2, -0.15) is 5.26 Å². The molecule has 0 aliphatic heterocycles. The van der Waals surface area contributed by atoms with Crippen molar-refractivity contribution < 1.29 is 14.3 Å². The summed E-state index contributed by atoms with van der Waals surface area (Å²) in [5.41, 5.74) is 3.29. The number of nitrogens with zero attached hydrogens (tertiary/aromatic N) is 1. The highest BCUT2D eigenvalue weighted by Crippen LogP contribution is 2.23. The summed E-state index contributed by atoms with van der Waals surface area (Å²) >= 11 is 0. The van der Waals surface area contributed by atoms with Gasteiger partial charge in [-0.25, -0.2) is 0 Å². The van der Waals surface area contributed by atoms with Crippen molar-refractivity contribution in [2.75, 3.05) is 12.4 Å². The molecule has 3 aromatic rings. The molecule has 3 rings (SSSR count). The first-order chi connectivity index (χ1) is 15.8. The molecule has 0 bridgehead atoms. The first kappa shape index (κ1) is 23.6. The van der Waals surface area contributed by atoms with Crippen LogP contribution in [-0.2, 0) is 23.2 Å². The molecule has 0 aliphatic carbocycles. The number of nitriles is 1. The summed E-state index contributed by atoms with van der Waals surface area (Å²) in [6, 6.07) is 24.0. The number of methoxy groups -OCH3 is 1. The predicted molar refractivity (Wildman–Crippen MR) is 128 cm³/mol. The fourth-order valence-electron chi connectivity index (χ4n) is 3.20. The molecule has 0 fully saturated rings. The third-order valence-electron chi connectivity index (χ3n) is 5.37. The highest BCUT2D eigenvalue weighted by molar-refractivity contribution is 6.04. The lowest BCUT2D eigenvalue weighted by Gasteiger charge is -2.16. The maximum Gasteiger partial charge on any atom is 0.255 e. The van der Waals surface area contributed by atoms with E-state index >= 15 is 0 Å². The van der Waals surface area contributed by atoms with Gasteiger partial charge in [-0.15, -0.1) is 0 Å². The summed E-state index contributed by atoms with van der Waals surface area (Å²) in [5.74, 6) is 0.450. The molecule has 0 saturated heterocycles. The van der Waals surface area contributed by atoms with E-state index in [0.717, 1.165) is 22.4 Å². The second kappa shape index (κ2) is 10.5. The van der Waals surface area contributed by atoms with Crippen molar-refractivity contribution in [3.8, 4) is 11.8 Å². The smallest absolute Gasteiger partial charge is 0.255 e. The summed E-state index contributed by atoms with van der Waals surface area (Å²) in [5, 5.41) is 15.0. The van der Waals surface area contributed by atoms with Crippen LogP contribution in [-0.4, -0.2) is 18.9 Å². The average molecular weight is 442 g/mol. The molecule has 2 N–H and O–H groups in total. The van der Waals surface area contributed by atoms with E-state index in [0.29, 0.717) is 17.8 Å². The number of benzene rings is 3. The number of amides is 2. The van der Waals surface area contributed by atoms with Crippen molar-refractivity contribution in [1.82, 2.24) is 5.32 Å². The van der Waals surface area contributed by atoms with E-state index in [-0.39, 0.29) is 18.2 Å². The van der Waals surface area contributed by atoms with Crippen LogP contribution in [0.25, 0.3) is 0 Å². The zero-order valence-electron chi connectivity index (χ0n) is 19.0. The Morgan fingerprint density at radius 3 is 2.09 bits per heavy atom. The van der Waals surface area contributed by atoms with Crippen LogP contribution in [0.4, 0.5) is 5.69 Å². The van der Waals surface area contributed by atoms with Crippen molar-refractivity contribution in [3.05, 3.63) is 95.1 Å². The Morgan fingerprint density at radius 2 is 1.52 bits per heavy atom. The van der Waals surface area contributed by atoms with E-state index in [9.17, 15) is 14.9 Å². The largest absolute Gasteiger partial charge is 0.497 e. The third kappa shape index (κ3) is 6.44. The molecule has 0 unspecified atom stereocenters. The van der Waals surface area contributed by atoms with Crippen LogP contribution >= 0.6 is 0 Å². The van der Waals surface area contributed by atoms with Crippen LogP contribution < -0.4 is 15.4 Å². The van der Waals surface area contributed by atoms with Crippen molar-refractivity contribution in [1.29, 1.82) is 5.26 Å². The van der Waals surface area contributed by atoms with Crippen LogP contribution in [0.1, 0.15) is 40.9 Å². The first-order valence-corrected chi connectivity index (χ1v) is 10.6. The van der Waals surface area contributed by atoms with Gasteiger partial charge in [0.05, 0.1) is 25.0 Å². The molecule has 6 nitrogen and oxygen atoms in total. The van der Waals surface area contributed by atoms with Crippen molar-refractivity contribution in [3.63, 3.8) is 0 Å². The van der Waals surface area contributed by atoms with Crippen LogP contribution in [0.2, 0.25) is 0 Å². The summed E-state index contributed by atoms with van der Waals surface area (Å²) in [4.78, 5) is 24.7. The number of carbonyl (C=O) groups excluding carboxylic acids is 2. The fourth-order valence-corrected chi connectivity index (χ4v) is 3.20. The minimum atomic E-state index is -0.581. The molecule has 0 saturated carbocycles. The topological polar surface area (TPSA) is 91.2 Å². The molecule has 168 valence electrons. The third-order valence-corrected chi connectivity index (χ3v) is 5.37. The number of nitrogens with one attached hydrogen (secondary N) is 2. The van der Waals surface area contributed by atoms with Gasteiger partial charge in [0.15, 0.2) is 0 Å². The van der Waals surface area contributed by atoms with Gasteiger partial charge in [0.25, 0.3) is 5.91 Å². The standard InChI is InChI=1S/C27H27N3O3/c1-27(2,18-28)22-10-12-23(13-11-22)30-26(32)21-8-4-20(5-9-21)17-29-25(31)16-19-6-14-24(33-3)15-7-19/h4-15H,16-17H2,1-3H3,(H,29,31)(H,30,32). The molecular weight excluding hydrogens is 414 g/mol. The van der Waals surface area contributed by atoms with E-state index in [2.05, 4.69) is 16.7 Å². The molecule has 6 heteroatoms. The van der Waals surface area contributed by atoms with E-state index in [4.69, 9.17) is 4.74 Å². The maximum absolute atomic E-state index is 12.5. The van der Waals surface area contributed by atoms with Crippen LogP contribution in [0, 0.1) is 11.3 Å². The quantitative estimate of drug-likeness (QED) is 0.534.